The first-order chi connectivity index (χ1) is 7.91. The number of amides is 1. The molecule has 1 rings (SSSR count). The average Bonchev–Trinajstić information content (AvgIpc) is 2.27. The fourth-order valence-electron chi connectivity index (χ4n) is 2.24. The van der Waals surface area contributed by atoms with Gasteiger partial charge in [0.2, 0.25) is 0 Å². The standard InChI is InChI=1S/C13H26N2O3/c1-11(2,3)17-10(16)15-14-9-8-12(4,5)18-13(9,6)7/h9,14H,8H2,1-7H3,(H,15,16). The molecule has 1 aliphatic heterocycles. The highest BCUT2D eigenvalue weighted by atomic mass is 16.6. The number of rotatable bonds is 2. The molecule has 1 atom stereocenters. The maximum absolute atomic E-state index is 11.6. The Bertz CT molecular complexity index is 319. The van der Waals surface area contributed by atoms with Crippen LogP contribution >= 0.6 is 0 Å². The quantitative estimate of drug-likeness (QED) is 0.746. The summed E-state index contributed by atoms with van der Waals surface area (Å²) in [5.41, 5.74) is 4.59. The van der Waals surface area contributed by atoms with Crippen molar-refractivity contribution in [1.29, 1.82) is 0 Å². The van der Waals surface area contributed by atoms with Gasteiger partial charge < -0.3 is 9.47 Å². The average molecular weight is 258 g/mol. The van der Waals surface area contributed by atoms with Crippen molar-refractivity contribution in [2.24, 2.45) is 0 Å². The lowest BCUT2D eigenvalue weighted by Crippen LogP contribution is -2.52. The summed E-state index contributed by atoms with van der Waals surface area (Å²) in [6.07, 6.45) is 0.360. The molecule has 2 N–H and O–H groups in total. The van der Waals surface area contributed by atoms with Gasteiger partial charge in [0.1, 0.15) is 5.60 Å². The molecule has 5 nitrogen and oxygen atoms in total. The van der Waals surface area contributed by atoms with Crippen molar-refractivity contribution >= 4 is 6.09 Å². The number of ether oxygens (including phenoxy) is 2. The van der Waals surface area contributed by atoms with Gasteiger partial charge in [-0.1, -0.05) is 0 Å². The summed E-state index contributed by atoms with van der Waals surface area (Å²) in [6.45, 7) is 13.6. The first kappa shape index (κ1) is 15.2. The molecular formula is C13H26N2O3. The van der Waals surface area contributed by atoms with E-state index < -0.39 is 11.7 Å². The number of carbonyl (C=O) groups excluding carboxylic acids is 1. The van der Waals surface area contributed by atoms with Crippen LogP contribution < -0.4 is 10.9 Å². The second kappa shape index (κ2) is 4.70. The molecule has 1 fully saturated rings. The predicted octanol–water partition coefficient (Wildman–Crippen LogP) is 2.36. The summed E-state index contributed by atoms with van der Waals surface area (Å²) < 4.78 is 11.1. The Morgan fingerprint density at radius 3 is 2.22 bits per heavy atom. The van der Waals surface area contributed by atoms with Crippen LogP contribution in [0.25, 0.3) is 0 Å². The Labute approximate surface area is 110 Å². The smallest absolute Gasteiger partial charge is 0.422 e. The molecule has 0 spiro atoms. The highest BCUT2D eigenvalue weighted by molar-refractivity contribution is 5.67. The van der Waals surface area contributed by atoms with E-state index in [-0.39, 0.29) is 17.2 Å². The number of hydrogen-bond donors (Lipinski definition) is 2. The number of carbonyl (C=O) groups is 1. The first-order valence-electron chi connectivity index (χ1n) is 6.36. The largest absolute Gasteiger partial charge is 0.443 e. The topological polar surface area (TPSA) is 59.6 Å². The molecule has 0 aromatic rings. The third kappa shape index (κ3) is 4.46. The third-order valence-electron chi connectivity index (χ3n) is 2.82. The van der Waals surface area contributed by atoms with Gasteiger partial charge in [0.25, 0.3) is 0 Å². The minimum atomic E-state index is -0.493. The van der Waals surface area contributed by atoms with Crippen LogP contribution in [-0.4, -0.2) is 28.9 Å². The van der Waals surface area contributed by atoms with E-state index in [4.69, 9.17) is 9.47 Å². The molecule has 1 heterocycles. The van der Waals surface area contributed by atoms with Crippen molar-refractivity contribution in [3.05, 3.63) is 0 Å². The molecular weight excluding hydrogens is 232 g/mol. The second-order valence-corrected chi connectivity index (χ2v) is 6.99. The minimum absolute atomic E-state index is 0.0556. The number of hydrazine groups is 1. The molecule has 1 aliphatic rings. The maximum Gasteiger partial charge on any atom is 0.422 e. The minimum Gasteiger partial charge on any atom is -0.443 e. The summed E-state index contributed by atoms with van der Waals surface area (Å²) in [5, 5.41) is 0. The SMILES string of the molecule is CC(C)(C)OC(=O)NNC1CC(C)(C)OC1(C)C. The molecule has 1 unspecified atom stereocenters. The van der Waals surface area contributed by atoms with Crippen LogP contribution in [0.15, 0.2) is 0 Å². The van der Waals surface area contributed by atoms with Gasteiger partial charge in [-0.2, -0.15) is 0 Å². The summed E-state index contributed by atoms with van der Waals surface area (Å²) in [7, 11) is 0. The van der Waals surface area contributed by atoms with Crippen LogP contribution in [-0.2, 0) is 9.47 Å². The van der Waals surface area contributed by atoms with E-state index in [1.807, 2.05) is 48.5 Å². The van der Waals surface area contributed by atoms with E-state index in [9.17, 15) is 4.79 Å². The predicted molar refractivity (Wildman–Crippen MR) is 70.2 cm³/mol. The van der Waals surface area contributed by atoms with Crippen molar-refractivity contribution in [1.82, 2.24) is 10.9 Å². The summed E-state index contributed by atoms with van der Waals surface area (Å²) in [5.74, 6) is 0. The summed E-state index contributed by atoms with van der Waals surface area (Å²) in [6, 6.07) is 0.0556. The van der Waals surface area contributed by atoms with Crippen molar-refractivity contribution in [3.63, 3.8) is 0 Å². The molecule has 0 bridgehead atoms. The Balaban J connectivity index is 2.47. The van der Waals surface area contributed by atoms with Gasteiger partial charge in [-0.05, 0) is 54.9 Å². The zero-order chi connectivity index (χ0) is 14.2. The fourth-order valence-corrected chi connectivity index (χ4v) is 2.24. The summed E-state index contributed by atoms with van der Waals surface area (Å²) >= 11 is 0. The van der Waals surface area contributed by atoms with Gasteiger partial charge in [-0.15, -0.1) is 0 Å². The molecule has 0 saturated carbocycles. The lowest BCUT2D eigenvalue weighted by Gasteiger charge is -2.28. The molecule has 0 radical (unpaired) electrons. The Morgan fingerprint density at radius 2 is 1.83 bits per heavy atom. The lowest BCUT2D eigenvalue weighted by atomic mass is 9.95. The van der Waals surface area contributed by atoms with Gasteiger partial charge >= 0.3 is 6.09 Å². The van der Waals surface area contributed by atoms with Crippen molar-refractivity contribution < 1.29 is 14.3 Å². The van der Waals surface area contributed by atoms with Gasteiger partial charge in [-0.3, -0.25) is 5.43 Å². The van der Waals surface area contributed by atoms with Crippen LogP contribution in [0.5, 0.6) is 0 Å². The van der Waals surface area contributed by atoms with Gasteiger partial charge in [0.05, 0.1) is 17.2 Å². The van der Waals surface area contributed by atoms with Crippen molar-refractivity contribution in [2.75, 3.05) is 0 Å². The van der Waals surface area contributed by atoms with E-state index in [1.54, 1.807) is 0 Å². The van der Waals surface area contributed by atoms with E-state index in [0.717, 1.165) is 6.42 Å². The van der Waals surface area contributed by atoms with E-state index in [2.05, 4.69) is 10.9 Å². The highest BCUT2D eigenvalue weighted by Gasteiger charge is 2.46. The monoisotopic (exact) mass is 258 g/mol. The fraction of sp³-hybridized carbons (Fsp3) is 0.923. The molecule has 0 aromatic heterocycles. The van der Waals surface area contributed by atoms with E-state index in [0.29, 0.717) is 0 Å². The van der Waals surface area contributed by atoms with E-state index >= 15 is 0 Å². The highest BCUT2D eigenvalue weighted by Crippen LogP contribution is 2.36. The van der Waals surface area contributed by atoms with Crippen LogP contribution in [0.2, 0.25) is 0 Å². The molecule has 1 amide bonds. The maximum atomic E-state index is 11.6. The van der Waals surface area contributed by atoms with E-state index in [1.165, 1.54) is 0 Å². The number of nitrogens with one attached hydrogen (secondary N) is 2. The summed E-state index contributed by atoms with van der Waals surface area (Å²) in [4.78, 5) is 11.6. The normalized spacial score (nSPS) is 25.8. The zero-order valence-electron chi connectivity index (χ0n) is 12.5. The van der Waals surface area contributed by atoms with Gasteiger partial charge in [0.15, 0.2) is 0 Å². The van der Waals surface area contributed by atoms with Gasteiger partial charge in [0, 0.05) is 0 Å². The second-order valence-electron chi connectivity index (χ2n) is 6.99. The van der Waals surface area contributed by atoms with Crippen molar-refractivity contribution in [2.45, 2.75) is 77.7 Å². The van der Waals surface area contributed by atoms with Crippen molar-refractivity contribution in [3.8, 4) is 0 Å². The molecule has 5 heteroatoms. The lowest BCUT2D eigenvalue weighted by molar-refractivity contribution is -0.0706. The van der Waals surface area contributed by atoms with Crippen LogP contribution in [0, 0.1) is 0 Å². The molecule has 0 aromatic carbocycles. The van der Waals surface area contributed by atoms with Crippen LogP contribution in [0.3, 0.4) is 0 Å². The molecule has 1 saturated heterocycles. The van der Waals surface area contributed by atoms with Gasteiger partial charge in [-0.25, -0.2) is 10.2 Å². The number of hydrogen-bond acceptors (Lipinski definition) is 4. The van der Waals surface area contributed by atoms with Crippen LogP contribution in [0.1, 0.15) is 54.9 Å². The molecule has 0 aliphatic carbocycles. The zero-order valence-corrected chi connectivity index (χ0v) is 12.5. The third-order valence-corrected chi connectivity index (χ3v) is 2.82. The first-order valence-corrected chi connectivity index (χ1v) is 6.36. The van der Waals surface area contributed by atoms with Crippen LogP contribution in [0.4, 0.5) is 4.79 Å². The Morgan fingerprint density at radius 1 is 1.28 bits per heavy atom. The molecule has 18 heavy (non-hydrogen) atoms. The molecule has 106 valence electrons. The Kier molecular flexibility index (Phi) is 3.98. The Hall–Kier alpha value is -0.810.